The number of hydrogen-bond acceptors (Lipinski definition) is 3. The fourth-order valence-electron chi connectivity index (χ4n) is 1.10. The lowest BCUT2D eigenvalue weighted by molar-refractivity contribution is -0.134. The van der Waals surface area contributed by atoms with Gasteiger partial charge >= 0.3 is 0 Å². The number of hydrogen-bond donors (Lipinski definition) is 1. The van der Waals surface area contributed by atoms with Crippen molar-refractivity contribution in [1.82, 2.24) is 9.80 Å². The van der Waals surface area contributed by atoms with E-state index in [0.717, 1.165) is 13.1 Å². The number of carbonyl (C=O) groups is 1. The van der Waals surface area contributed by atoms with Crippen LogP contribution in [0.1, 0.15) is 6.92 Å². The van der Waals surface area contributed by atoms with Crippen LogP contribution in [0.15, 0.2) is 0 Å². The van der Waals surface area contributed by atoms with Crippen molar-refractivity contribution in [2.24, 2.45) is 0 Å². The minimum absolute atomic E-state index is 0.188. The second kappa shape index (κ2) is 3.45. The summed E-state index contributed by atoms with van der Waals surface area (Å²) < 4.78 is 0. The maximum absolute atomic E-state index is 11.2. The Morgan fingerprint density at radius 1 is 1.55 bits per heavy atom. The van der Waals surface area contributed by atoms with E-state index >= 15 is 0 Å². The Morgan fingerprint density at radius 3 is 2.64 bits per heavy atom. The second-order valence-electron chi connectivity index (χ2n) is 2.92. The summed E-state index contributed by atoms with van der Waals surface area (Å²) >= 11 is 4.27. The van der Waals surface area contributed by atoms with Crippen molar-refractivity contribution in [2.75, 3.05) is 26.7 Å². The Kier molecular flexibility index (Phi) is 2.78. The van der Waals surface area contributed by atoms with Gasteiger partial charge in [0.05, 0.1) is 11.9 Å². The molecule has 0 saturated carbocycles. The second-order valence-corrected chi connectivity index (χ2v) is 3.66. The molecule has 1 amide bonds. The largest absolute Gasteiger partial charge is 0.343 e. The van der Waals surface area contributed by atoms with E-state index in [1.165, 1.54) is 0 Å². The number of likely N-dealkylation sites (N-methyl/N-ethyl adjacent to an activating group) is 1. The summed E-state index contributed by atoms with van der Waals surface area (Å²) in [6.45, 7) is 4.26. The van der Waals surface area contributed by atoms with Crippen LogP contribution in [-0.4, -0.2) is 47.8 Å². The number of amides is 1. The van der Waals surface area contributed by atoms with E-state index in [9.17, 15) is 4.79 Å². The molecule has 4 heteroatoms. The molecule has 0 radical (unpaired) electrons. The van der Waals surface area contributed by atoms with Gasteiger partial charge in [0, 0.05) is 20.1 Å². The molecule has 1 rings (SSSR count). The summed E-state index contributed by atoms with van der Waals surface area (Å²) in [6, 6.07) is 0. The lowest BCUT2D eigenvalue weighted by atomic mass is 10.3. The molecule has 64 valence electrons. The van der Waals surface area contributed by atoms with Gasteiger partial charge in [-0.25, -0.2) is 0 Å². The smallest absolute Gasteiger partial charge is 0.236 e. The highest BCUT2D eigenvalue weighted by molar-refractivity contribution is 7.80. The summed E-state index contributed by atoms with van der Waals surface area (Å²) in [5.41, 5.74) is 0. The van der Waals surface area contributed by atoms with Crippen molar-refractivity contribution >= 4 is 18.5 Å². The third-order valence-corrected chi connectivity index (χ3v) is 2.34. The van der Waals surface area contributed by atoms with Gasteiger partial charge in [0.1, 0.15) is 0 Å². The van der Waals surface area contributed by atoms with Crippen LogP contribution in [0, 0.1) is 0 Å². The normalized spacial score (nSPS) is 23.9. The van der Waals surface area contributed by atoms with E-state index in [-0.39, 0.29) is 11.3 Å². The number of carbonyl (C=O) groups excluding carboxylic acids is 1. The molecule has 0 spiro atoms. The molecule has 1 saturated heterocycles. The van der Waals surface area contributed by atoms with Gasteiger partial charge in [-0.1, -0.05) is 0 Å². The van der Waals surface area contributed by atoms with E-state index in [1.807, 2.05) is 14.0 Å². The van der Waals surface area contributed by atoms with E-state index < -0.39 is 0 Å². The zero-order valence-corrected chi connectivity index (χ0v) is 7.84. The summed E-state index contributed by atoms with van der Waals surface area (Å²) in [7, 11) is 1.84. The van der Waals surface area contributed by atoms with Crippen LogP contribution in [0.3, 0.4) is 0 Å². The molecule has 0 aliphatic carbocycles. The van der Waals surface area contributed by atoms with Crippen LogP contribution >= 0.6 is 12.6 Å². The summed E-state index contributed by atoms with van der Waals surface area (Å²) in [5.74, 6) is 0.192. The predicted octanol–water partition coefficient (Wildman–Crippen LogP) is 0.0362. The van der Waals surface area contributed by atoms with Crippen molar-refractivity contribution in [1.29, 1.82) is 0 Å². The monoisotopic (exact) mass is 174 g/mol. The Balaban J connectivity index is 2.46. The van der Waals surface area contributed by atoms with Crippen molar-refractivity contribution in [3.05, 3.63) is 0 Å². The summed E-state index contributed by atoms with van der Waals surface area (Å²) in [4.78, 5) is 15.0. The minimum atomic E-state index is 0.188. The lowest BCUT2D eigenvalue weighted by Crippen LogP contribution is -2.50. The first-order valence-corrected chi connectivity index (χ1v) is 4.29. The molecule has 0 aromatic carbocycles. The topological polar surface area (TPSA) is 23.6 Å². The average molecular weight is 174 g/mol. The predicted molar refractivity (Wildman–Crippen MR) is 47.7 cm³/mol. The van der Waals surface area contributed by atoms with E-state index in [1.54, 1.807) is 4.90 Å². The van der Waals surface area contributed by atoms with Crippen LogP contribution in [0.5, 0.6) is 0 Å². The van der Waals surface area contributed by atoms with E-state index in [0.29, 0.717) is 6.54 Å². The van der Waals surface area contributed by atoms with Gasteiger partial charge in [-0.3, -0.25) is 9.69 Å². The van der Waals surface area contributed by atoms with Gasteiger partial charge in [-0.2, -0.15) is 12.6 Å². The van der Waals surface area contributed by atoms with Crippen LogP contribution in [0.2, 0.25) is 0 Å². The zero-order valence-electron chi connectivity index (χ0n) is 6.95. The molecule has 0 aromatic rings. The fourth-order valence-corrected chi connectivity index (χ4v) is 1.29. The Bertz CT molecular complexity index is 161. The standard InChI is InChI=1S/C7H14N2OS/c1-6(11)9-4-3-8(2)7(10)5-9/h6,11H,3-5H2,1-2H3. The molecule has 0 N–H and O–H groups in total. The Morgan fingerprint density at radius 2 is 2.18 bits per heavy atom. The van der Waals surface area contributed by atoms with Gasteiger partial charge < -0.3 is 4.90 Å². The van der Waals surface area contributed by atoms with Crippen molar-refractivity contribution in [3.63, 3.8) is 0 Å². The minimum Gasteiger partial charge on any atom is -0.343 e. The molecular weight excluding hydrogens is 160 g/mol. The number of piperazine rings is 1. The molecule has 0 aromatic heterocycles. The quantitative estimate of drug-likeness (QED) is 0.567. The molecule has 1 fully saturated rings. The molecule has 1 heterocycles. The lowest BCUT2D eigenvalue weighted by Gasteiger charge is -2.33. The molecular formula is C7H14N2OS. The number of thiol groups is 1. The molecule has 0 bridgehead atoms. The number of nitrogens with zero attached hydrogens (tertiary/aromatic N) is 2. The highest BCUT2D eigenvalue weighted by Gasteiger charge is 2.22. The summed E-state index contributed by atoms with van der Waals surface area (Å²) in [5, 5.41) is 0.188. The van der Waals surface area contributed by atoms with Crippen LogP contribution in [0.25, 0.3) is 0 Å². The molecule has 1 atom stereocenters. The van der Waals surface area contributed by atoms with Gasteiger partial charge in [0.15, 0.2) is 0 Å². The van der Waals surface area contributed by atoms with Gasteiger partial charge in [0.25, 0.3) is 0 Å². The van der Waals surface area contributed by atoms with Crippen LogP contribution in [0.4, 0.5) is 0 Å². The Hall–Kier alpha value is -0.220. The van der Waals surface area contributed by atoms with E-state index in [4.69, 9.17) is 0 Å². The highest BCUT2D eigenvalue weighted by atomic mass is 32.1. The van der Waals surface area contributed by atoms with Gasteiger partial charge in [-0.15, -0.1) is 0 Å². The third kappa shape index (κ3) is 2.10. The first-order chi connectivity index (χ1) is 5.11. The van der Waals surface area contributed by atoms with Crippen molar-refractivity contribution in [2.45, 2.75) is 12.3 Å². The van der Waals surface area contributed by atoms with Gasteiger partial charge in [-0.05, 0) is 6.92 Å². The third-order valence-electron chi connectivity index (χ3n) is 2.02. The van der Waals surface area contributed by atoms with Gasteiger partial charge in [0.2, 0.25) is 5.91 Å². The SMILES string of the molecule is CC(S)N1CCN(C)C(=O)C1. The molecule has 3 nitrogen and oxygen atoms in total. The summed E-state index contributed by atoms with van der Waals surface area (Å²) in [6.07, 6.45) is 0. The first kappa shape index (κ1) is 8.87. The highest BCUT2D eigenvalue weighted by Crippen LogP contribution is 2.07. The fraction of sp³-hybridized carbons (Fsp3) is 0.857. The Labute approximate surface area is 72.8 Å². The maximum atomic E-state index is 11.2. The van der Waals surface area contributed by atoms with E-state index in [2.05, 4.69) is 17.5 Å². The van der Waals surface area contributed by atoms with Crippen molar-refractivity contribution in [3.8, 4) is 0 Å². The molecule has 1 aliphatic rings. The zero-order chi connectivity index (χ0) is 8.43. The molecule has 11 heavy (non-hydrogen) atoms. The van der Waals surface area contributed by atoms with Crippen LogP contribution < -0.4 is 0 Å². The average Bonchev–Trinajstić information content (AvgIpc) is 1.94. The molecule has 1 unspecified atom stereocenters. The van der Waals surface area contributed by atoms with Crippen LogP contribution in [-0.2, 0) is 4.79 Å². The molecule has 1 aliphatic heterocycles. The number of rotatable bonds is 1. The van der Waals surface area contributed by atoms with Crippen molar-refractivity contribution < 1.29 is 4.79 Å². The first-order valence-electron chi connectivity index (χ1n) is 3.77. The maximum Gasteiger partial charge on any atom is 0.236 e.